The predicted molar refractivity (Wildman–Crippen MR) is 96.9 cm³/mol. The SMILES string of the molecule is Cc1cc(F)c2c(c1)NC(C(=O)N1CCC(C3(O)CC(C(=O)O)C3)CC1)C2. The van der Waals surface area contributed by atoms with Gasteiger partial charge in [-0.15, -0.1) is 0 Å². The van der Waals surface area contributed by atoms with Crippen molar-refractivity contribution in [2.45, 2.75) is 50.7 Å². The number of fused-ring (bicyclic) bond motifs is 1. The third kappa shape index (κ3) is 3.18. The quantitative estimate of drug-likeness (QED) is 0.750. The van der Waals surface area contributed by atoms with E-state index in [0.717, 1.165) is 5.56 Å². The molecule has 1 atom stereocenters. The zero-order valence-electron chi connectivity index (χ0n) is 15.4. The van der Waals surface area contributed by atoms with Crippen molar-refractivity contribution in [1.82, 2.24) is 4.90 Å². The fourth-order valence-electron chi connectivity index (χ4n) is 4.86. The number of carboxylic acid groups (broad SMARTS) is 1. The molecule has 2 fully saturated rings. The van der Waals surface area contributed by atoms with Crippen LogP contribution in [0.1, 0.15) is 36.8 Å². The van der Waals surface area contributed by atoms with Gasteiger partial charge in [-0.25, -0.2) is 4.39 Å². The van der Waals surface area contributed by atoms with Crippen LogP contribution in [0.4, 0.5) is 10.1 Å². The van der Waals surface area contributed by atoms with Crippen LogP contribution in [0.5, 0.6) is 0 Å². The number of carbonyl (C=O) groups is 2. The number of amides is 1. The number of carboxylic acids is 1. The van der Waals surface area contributed by atoms with Gasteiger partial charge in [0.25, 0.3) is 0 Å². The van der Waals surface area contributed by atoms with E-state index in [-0.39, 0.29) is 17.6 Å². The highest BCUT2D eigenvalue weighted by atomic mass is 19.1. The summed E-state index contributed by atoms with van der Waals surface area (Å²) in [6.45, 7) is 2.91. The third-order valence-electron chi connectivity index (χ3n) is 6.49. The van der Waals surface area contributed by atoms with Gasteiger partial charge in [0.05, 0.1) is 11.5 Å². The van der Waals surface area contributed by atoms with Crippen LogP contribution in [0.25, 0.3) is 0 Å². The number of likely N-dealkylation sites (tertiary alicyclic amines) is 1. The number of rotatable bonds is 3. The third-order valence-corrected chi connectivity index (χ3v) is 6.49. The molecule has 0 radical (unpaired) electrons. The molecular weight excluding hydrogens is 351 g/mol. The fourth-order valence-corrected chi connectivity index (χ4v) is 4.86. The number of nitrogens with one attached hydrogen (secondary N) is 1. The van der Waals surface area contributed by atoms with Crippen molar-refractivity contribution >= 4 is 17.6 Å². The van der Waals surface area contributed by atoms with E-state index in [0.29, 0.717) is 56.4 Å². The first kappa shape index (κ1) is 18.2. The molecule has 0 aromatic heterocycles. The second-order valence-electron chi connectivity index (χ2n) is 8.32. The Kier molecular flexibility index (Phi) is 4.37. The van der Waals surface area contributed by atoms with Gasteiger partial charge in [-0.05, 0) is 56.2 Å². The van der Waals surface area contributed by atoms with Gasteiger partial charge in [-0.3, -0.25) is 9.59 Å². The minimum atomic E-state index is -0.902. The molecule has 1 aliphatic carbocycles. The molecule has 1 aromatic carbocycles. The highest BCUT2D eigenvalue weighted by Gasteiger charge is 2.51. The highest BCUT2D eigenvalue weighted by Crippen LogP contribution is 2.46. The maximum Gasteiger partial charge on any atom is 0.306 e. The van der Waals surface area contributed by atoms with E-state index in [9.17, 15) is 19.1 Å². The molecule has 3 aliphatic rings. The van der Waals surface area contributed by atoms with Crippen LogP contribution in [-0.2, 0) is 16.0 Å². The van der Waals surface area contributed by atoms with Crippen LogP contribution in [0.2, 0.25) is 0 Å². The molecule has 4 rings (SSSR count). The largest absolute Gasteiger partial charge is 0.481 e. The molecule has 7 heteroatoms. The minimum Gasteiger partial charge on any atom is -0.481 e. The Hall–Kier alpha value is -2.15. The number of piperidine rings is 1. The lowest BCUT2D eigenvalue weighted by Crippen LogP contribution is -2.56. The molecule has 1 amide bonds. The van der Waals surface area contributed by atoms with Crippen LogP contribution in [0.3, 0.4) is 0 Å². The van der Waals surface area contributed by atoms with E-state index in [2.05, 4.69) is 5.32 Å². The molecule has 0 spiro atoms. The molecule has 1 unspecified atom stereocenters. The number of benzene rings is 1. The fraction of sp³-hybridized carbons (Fsp3) is 0.600. The molecule has 0 bridgehead atoms. The second kappa shape index (κ2) is 6.48. The maximum absolute atomic E-state index is 14.1. The summed E-state index contributed by atoms with van der Waals surface area (Å²) in [5.74, 6) is -1.57. The van der Waals surface area contributed by atoms with E-state index >= 15 is 0 Å². The van der Waals surface area contributed by atoms with Crippen LogP contribution in [0.15, 0.2) is 12.1 Å². The van der Waals surface area contributed by atoms with Crippen LogP contribution in [0, 0.1) is 24.6 Å². The van der Waals surface area contributed by atoms with Gasteiger partial charge in [0.15, 0.2) is 0 Å². The molecule has 1 saturated heterocycles. The van der Waals surface area contributed by atoms with Gasteiger partial charge in [0.2, 0.25) is 5.91 Å². The Morgan fingerprint density at radius 1 is 1.26 bits per heavy atom. The minimum absolute atomic E-state index is 0.0333. The van der Waals surface area contributed by atoms with Gasteiger partial charge >= 0.3 is 5.97 Å². The molecule has 3 N–H and O–H groups in total. The van der Waals surface area contributed by atoms with Crippen LogP contribution < -0.4 is 5.32 Å². The highest BCUT2D eigenvalue weighted by molar-refractivity contribution is 5.87. The molecule has 2 heterocycles. The lowest BCUT2D eigenvalue weighted by Gasteiger charge is -2.49. The summed E-state index contributed by atoms with van der Waals surface area (Å²) in [6, 6.07) is 2.90. The summed E-state index contributed by atoms with van der Waals surface area (Å²) in [6.07, 6.45) is 2.30. The summed E-state index contributed by atoms with van der Waals surface area (Å²) in [7, 11) is 0. The van der Waals surface area contributed by atoms with E-state index < -0.39 is 23.5 Å². The van der Waals surface area contributed by atoms with Gasteiger partial charge < -0.3 is 20.4 Å². The molecule has 1 saturated carbocycles. The number of carbonyl (C=O) groups excluding carboxylic acids is 1. The van der Waals surface area contributed by atoms with Crippen molar-refractivity contribution < 1.29 is 24.2 Å². The zero-order valence-corrected chi connectivity index (χ0v) is 15.4. The summed E-state index contributed by atoms with van der Waals surface area (Å²) >= 11 is 0. The van der Waals surface area contributed by atoms with Crippen molar-refractivity contribution in [3.63, 3.8) is 0 Å². The van der Waals surface area contributed by atoms with Crippen molar-refractivity contribution in [3.05, 3.63) is 29.1 Å². The average molecular weight is 376 g/mol. The number of anilines is 1. The predicted octanol–water partition coefficient (Wildman–Crippen LogP) is 1.94. The van der Waals surface area contributed by atoms with Crippen molar-refractivity contribution in [2.24, 2.45) is 11.8 Å². The normalized spacial score (nSPS) is 30.4. The van der Waals surface area contributed by atoms with E-state index in [1.54, 1.807) is 4.90 Å². The summed E-state index contributed by atoms with van der Waals surface area (Å²) in [4.78, 5) is 25.6. The number of hydrogen-bond acceptors (Lipinski definition) is 4. The summed E-state index contributed by atoms with van der Waals surface area (Å²) in [5, 5.41) is 22.8. The van der Waals surface area contributed by atoms with E-state index in [4.69, 9.17) is 5.11 Å². The van der Waals surface area contributed by atoms with Crippen molar-refractivity contribution in [2.75, 3.05) is 18.4 Å². The lowest BCUT2D eigenvalue weighted by molar-refractivity contribution is -0.170. The lowest BCUT2D eigenvalue weighted by atomic mass is 9.62. The first-order valence-corrected chi connectivity index (χ1v) is 9.56. The standard InChI is InChI=1S/C20H25FN2O4/c1-11-6-15(21)14-8-17(22-16(14)7-11)18(24)23-4-2-13(3-5-23)20(27)9-12(10-20)19(25)26/h6-7,12-13,17,22,27H,2-5,8-10H2,1H3,(H,25,26). The monoisotopic (exact) mass is 376 g/mol. The van der Waals surface area contributed by atoms with E-state index in [1.165, 1.54) is 6.07 Å². The first-order chi connectivity index (χ1) is 12.8. The zero-order chi connectivity index (χ0) is 19.3. The van der Waals surface area contributed by atoms with Crippen molar-refractivity contribution in [1.29, 1.82) is 0 Å². The Bertz CT molecular complexity index is 782. The van der Waals surface area contributed by atoms with E-state index in [1.807, 2.05) is 13.0 Å². The topological polar surface area (TPSA) is 89.9 Å². The maximum atomic E-state index is 14.1. The number of aryl methyl sites for hydroxylation is 1. The Labute approximate surface area is 157 Å². The van der Waals surface area contributed by atoms with Gasteiger partial charge in [0, 0.05) is 30.8 Å². The molecular formula is C20H25FN2O4. The summed E-state index contributed by atoms with van der Waals surface area (Å²) < 4.78 is 14.1. The number of halogens is 1. The number of aliphatic hydroxyl groups is 1. The smallest absolute Gasteiger partial charge is 0.306 e. The van der Waals surface area contributed by atoms with Gasteiger partial charge in [0.1, 0.15) is 11.9 Å². The van der Waals surface area contributed by atoms with Gasteiger partial charge in [-0.2, -0.15) is 0 Å². The Morgan fingerprint density at radius 3 is 2.56 bits per heavy atom. The molecule has 6 nitrogen and oxygen atoms in total. The Balaban J connectivity index is 1.34. The molecule has 27 heavy (non-hydrogen) atoms. The average Bonchev–Trinajstić information content (AvgIpc) is 3.02. The Morgan fingerprint density at radius 2 is 1.93 bits per heavy atom. The molecule has 1 aromatic rings. The van der Waals surface area contributed by atoms with Gasteiger partial charge in [-0.1, -0.05) is 0 Å². The van der Waals surface area contributed by atoms with Crippen LogP contribution >= 0.6 is 0 Å². The van der Waals surface area contributed by atoms with Crippen LogP contribution in [-0.4, -0.2) is 51.7 Å². The molecule has 2 aliphatic heterocycles. The number of nitrogens with zero attached hydrogens (tertiary/aromatic N) is 1. The summed E-state index contributed by atoms with van der Waals surface area (Å²) in [5.41, 5.74) is 1.18. The first-order valence-electron chi connectivity index (χ1n) is 9.56. The van der Waals surface area contributed by atoms with Crippen molar-refractivity contribution in [3.8, 4) is 0 Å². The number of hydrogen-bond donors (Lipinski definition) is 3. The number of aliphatic carboxylic acids is 1. The molecule has 146 valence electrons. The second-order valence-corrected chi connectivity index (χ2v) is 8.32.